The van der Waals surface area contributed by atoms with Gasteiger partial charge in [0.05, 0.1) is 18.3 Å². The molecule has 0 radical (unpaired) electrons. The maximum absolute atomic E-state index is 5.29. The van der Waals surface area contributed by atoms with E-state index >= 15 is 0 Å². The topological polar surface area (TPSA) is 28.6 Å². The van der Waals surface area contributed by atoms with Gasteiger partial charge in [0.2, 0.25) is 0 Å². The minimum atomic E-state index is 0.609. The molecule has 0 bridgehead atoms. The molecular weight excluding hydrogens is 286 g/mol. The molecule has 0 N–H and O–H groups in total. The fourth-order valence-corrected chi connectivity index (χ4v) is 4.04. The summed E-state index contributed by atoms with van der Waals surface area (Å²) < 4.78 is 5.29. The molecule has 0 unspecified atom stereocenters. The van der Waals surface area contributed by atoms with E-state index < -0.39 is 0 Å². The van der Waals surface area contributed by atoms with Crippen molar-refractivity contribution in [1.29, 1.82) is 0 Å². The Kier molecular flexibility index (Phi) is 3.95. The summed E-state index contributed by atoms with van der Waals surface area (Å²) in [4.78, 5) is 10.1. The summed E-state index contributed by atoms with van der Waals surface area (Å²) in [5.74, 6) is 0.887. The van der Waals surface area contributed by atoms with Gasteiger partial charge < -0.3 is 4.74 Å². The molecule has 23 heavy (non-hydrogen) atoms. The third-order valence-electron chi connectivity index (χ3n) is 5.39. The molecule has 3 heterocycles. The molecule has 2 aliphatic rings. The molecule has 0 aliphatic carbocycles. The third-order valence-corrected chi connectivity index (χ3v) is 5.39. The SMILES string of the molecule is COc1ccc2nc(CN3C[C@@H]4CCCN4C[C@H]3C)ccc2c1. The molecule has 4 rings (SSSR count). The Bertz CT molecular complexity index is 702. The van der Waals surface area contributed by atoms with E-state index in [1.54, 1.807) is 7.11 Å². The number of benzene rings is 1. The van der Waals surface area contributed by atoms with Gasteiger partial charge in [0.25, 0.3) is 0 Å². The lowest BCUT2D eigenvalue weighted by molar-refractivity contribution is 0.0532. The van der Waals surface area contributed by atoms with Crippen molar-refractivity contribution in [3.63, 3.8) is 0 Å². The first-order chi connectivity index (χ1) is 11.2. The van der Waals surface area contributed by atoms with Crippen LogP contribution in [0, 0.1) is 0 Å². The van der Waals surface area contributed by atoms with Gasteiger partial charge in [-0.15, -0.1) is 0 Å². The quantitative estimate of drug-likeness (QED) is 0.871. The third kappa shape index (κ3) is 2.93. The van der Waals surface area contributed by atoms with Gasteiger partial charge in [0.1, 0.15) is 5.75 Å². The van der Waals surface area contributed by atoms with Gasteiger partial charge in [-0.3, -0.25) is 14.8 Å². The predicted molar refractivity (Wildman–Crippen MR) is 92.8 cm³/mol. The molecule has 1 aromatic heterocycles. The highest BCUT2D eigenvalue weighted by atomic mass is 16.5. The summed E-state index contributed by atoms with van der Waals surface area (Å²) in [6.07, 6.45) is 2.72. The van der Waals surface area contributed by atoms with Gasteiger partial charge in [-0.25, -0.2) is 0 Å². The number of rotatable bonds is 3. The van der Waals surface area contributed by atoms with Gasteiger partial charge in [0.15, 0.2) is 0 Å². The smallest absolute Gasteiger partial charge is 0.119 e. The van der Waals surface area contributed by atoms with Crippen LogP contribution in [-0.2, 0) is 6.54 Å². The fourth-order valence-electron chi connectivity index (χ4n) is 4.04. The first kappa shape index (κ1) is 14.9. The van der Waals surface area contributed by atoms with Crippen LogP contribution in [0.2, 0.25) is 0 Å². The van der Waals surface area contributed by atoms with E-state index in [-0.39, 0.29) is 0 Å². The highest BCUT2D eigenvalue weighted by Crippen LogP contribution is 2.26. The van der Waals surface area contributed by atoms with E-state index in [0.717, 1.165) is 29.2 Å². The Morgan fingerprint density at radius 3 is 3.00 bits per heavy atom. The maximum Gasteiger partial charge on any atom is 0.119 e. The second kappa shape index (κ2) is 6.10. The van der Waals surface area contributed by atoms with Crippen molar-refractivity contribution in [3.8, 4) is 5.75 Å². The first-order valence-electron chi connectivity index (χ1n) is 8.65. The zero-order chi connectivity index (χ0) is 15.8. The Morgan fingerprint density at radius 1 is 1.22 bits per heavy atom. The number of methoxy groups -OCH3 is 1. The summed E-state index contributed by atoms with van der Waals surface area (Å²) in [5, 5.41) is 1.14. The lowest BCUT2D eigenvalue weighted by Gasteiger charge is -2.42. The largest absolute Gasteiger partial charge is 0.497 e. The van der Waals surface area contributed by atoms with Crippen molar-refractivity contribution < 1.29 is 4.74 Å². The predicted octanol–water partition coefficient (Wildman–Crippen LogP) is 2.91. The van der Waals surface area contributed by atoms with Crippen molar-refractivity contribution in [2.75, 3.05) is 26.7 Å². The molecule has 2 saturated heterocycles. The van der Waals surface area contributed by atoms with Gasteiger partial charge in [-0.1, -0.05) is 6.07 Å². The number of pyridine rings is 1. The van der Waals surface area contributed by atoms with Crippen LogP contribution >= 0.6 is 0 Å². The Labute approximate surface area is 138 Å². The summed E-state index contributed by atoms with van der Waals surface area (Å²) in [6, 6.07) is 11.8. The molecule has 2 aliphatic heterocycles. The first-order valence-corrected chi connectivity index (χ1v) is 8.65. The Balaban J connectivity index is 1.52. The van der Waals surface area contributed by atoms with E-state index in [9.17, 15) is 0 Å². The number of fused-ring (bicyclic) bond motifs is 2. The van der Waals surface area contributed by atoms with Crippen molar-refractivity contribution in [2.45, 2.75) is 38.4 Å². The van der Waals surface area contributed by atoms with E-state index in [2.05, 4.69) is 34.9 Å². The van der Waals surface area contributed by atoms with E-state index in [0.29, 0.717) is 6.04 Å². The lowest BCUT2D eigenvalue weighted by atomic mass is 10.1. The van der Waals surface area contributed by atoms with E-state index in [4.69, 9.17) is 9.72 Å². The summed E-state index contributed by atoms with van der Waals surface area (Å²) in [7, 11) is 1.70. The number of nitrogens with zero attached hydrogens (tertiary/aromatic N) is 3. The molecule has 0 saturated carbocycles. The number of ether oxygens (including phenoxy) is 1. The van der Waals surface area contributed by atoms with E-state index in [1.807, 2.05) is 12.1 Å². The van der Waals surface area contributed by atoms with Crippen LogP contribution in [0.5, 0.6) is 5.75 Å². The molecule has 4 nitrogen and oxygen atoms in total. The van der Waals surface area contributed by atoms with Crippen LogP contribution < -0.4 is 4.74 Å². The van der Waals surface area contributed by atoms with Gasteiger partial charge in [0, 0.05) is 37.1 Å². The number of hydrogen-bond acceptors (Lipinski definition) is 4. The minimum absolute atomic E-state index is 0.609. The van der Waals surface area contributed by atoms with Crippen LogP contribution in [0.1, 0.15) is 25.5 Å². The molecule has 2 aromatic rings. The Morgan fingerprint density at radius 2 is 2.13 bits per heavy atom. The highest BCUT2D eigenvalue weighted by Gasteiger charge is 2.34. The average Bonchev–Trinajstić information content (AvgIpc) is 3.01. The van der Waals surface area contributed by atoms with Crippen LogP contribution in [-0.4, -0.2) is 53.6 Å². The zero-order valence-corrected chi connectivity index (χ0v) is 14.0. The second-order valence-corrected chi connectivity index (χ2v) is 6.93. The molecular formula is C19H25N3O. The minimum Gasteiger partial charge on any atom is -0.497 e. The molecule has 122 valence electrons. The lowest BCUT2D eigenvalue weighted by Crippen LogP contribution is -2.54. The molecule has 1 aromatic carbocycles. The number of hydrogen-bond donors (Lipinski definition) is 0. The molecule has 0 amide bonds. The zero-order valence-electron chi connectivity index (χ0n) is 14.0. The highest BCUT2D eigenvalue weighted by molar-refractivity contribution is 5.80. The summed E-state index contributed by atoms with van der Waals surface area (Å²) in [5.41, 5.74) is 2.22. The number of aromatic nitrogens is 1. The standard InChI is InChI=1S/C19H25N3O/c1-14-11-21-9-3-4-17(21)13-22(14)12-16-6-5-15-10-18(23-2)7-8-19(15)20-16/h5-8,10,14,17H,3-4,9,11-13H2,1-2H3/t14-,17+/m1/s1. The average molecular weight is 311 g/mol. The van der Waals surface area contributed by atoms with Crippen LogP contribution in [0.25, 0.3) is 10.9 Å². The molecule has 0 spiro atoms. The van der Waals surface area contributed by atoms with Crippen molar-refractivity contribution in [2.24, 2.45) is 0 Å². The molecule has 4 heteroatoms. The Hall–Kier alpha value is -1.65. The molecule has 2 atom stereocenters. The van der Waals surface area contributed by atoms with Gasteiger partial charge in [-0.2, -0.15) is 0 Å². The van der Waals surface area contributed by atoms with Crippen LogP contribution in [0.4, 0.5) is 0 Å². The van der Waals surface area contributed by atoms with Crippen LogP contribution in [0.3, 0.4) is 0 Å². The van der Waals surface area contributed by atoms with E-state index in [1.165, 1.54) is 38.2 Å². The number of piperazine rings is 1. The fraction of sp³-hybridized carbons (Fsp3) is 0.526. The van der Waals surface area contributed by atoms with Crippen molar-refractivity contribution in [1.82, 2.24) is 14.8 Å². The monoisotopic (exact) mass is 311 g/mol. The maximum atomic E-state index is 5.29. The van der Waals surface area contributed by atoms with Gasteiger partial charge >= 0.3 is 0 Å². The van der Waals surface area contributed by atoms with Crippen molar-refractivity contribution >= 4 is 10.9 Å². The van der Waals surface area contributed by atoms with Crippen LogP contribution in [0.15, 0.2) is 30.3 Å². The second-order valence-electron chi connectivity index (χ2n) is 6.93. The van der Waals surface area contributed by atoms with Gasteiger partial charge in [-0.05, 0) is 50.6 Å². The summed E-state index contributed by atoms with van der Waals surface area (Å²) >= 11 is 0. The molecule has 2 fully saturated rings. The van der Waals surface area contributed by atoms with Crippen molar-refractivity contribution in [3.05, 3.63) is 36.0 Å². The normalized spacial score (nSPS) is 25.7. The summed E-state index contributed by atoms with van der Waals surface area (Å²) in [6.45, 7) is 6.98.